The van der Waals surface area contributed by atoms with Gasteiger partial charge in [0.15, 0.2) is 0 Å². The van der Waals surface area contributed by atoms with Crippen LogP contribution >= 0.6 is 0 Å². The molecule has 1 aromatic rings. The van der Waals surface area contributed by atoms with Crippen molar-refractivity contribution in [3.63, 3.8) is 0 Å². The summed E-state index contributed by atoms with van der Waals surface area (Å²) >= 11 is 0. The molecular weight excluding hydrogens is 256 g/mol. The molecular formula is C14H22N4O2. The average Bonchev–Trinajstić information content (AvgIpc) is 2.95. The highest BCUT2D eigenvalue weighted by molar-refractivity contribution is 5.91. The molecule has 2 heterocycles. The minimum Gasteiger partial charge on any atom is -0.382 e. The standard InChI is InChI=1S/C14H22N4O2/c1-10-8-12(3)18(15-10)7-5-6-17(4)14(19)13-9-11(2)16-20-13/h8,13H,5-7,9H2,1-4H3/t13-/m0/s1. The summed E-state index contributed by atoms with van der Waals surface area (Å²) in [6.07, 6.45) is 1.03. The van der Waals surface area contributed by atoms with Crippen molar-refractivity contribution in [2.75, 3.05) is 13.6 Å². The molecule has 0 bridgehead atoms. The van der Waals surface area contributed by atoms with Crippen LogP contribution in [0.25, 0.3) is 0 Å². The van der Waals surface area contributed by atoms with Crippen molar-refractivity contribution in [3.05, 3.63) is 17.5 Å². The minimum atomic E-state index is -0.436. The van der Waals surface area contributed by atoms with Crippen molar-refractivity contribution in [1.82, 2.24) is 14.7 Å². The summed E-state index contributed by atoms with van der Waals surface area (Å²) in [5.41, 5.74) is 3.05. The molecule has 20 heavy (non-hydrogen) atoms. The summed E-state index contributed by atoms with van der Waals surface area (Å²) in [5.74, 6) is -0.000956. The molecule has 1 aliphatic rings. The van der Waals surface area contributed by atoms with Crippen LogP contribution in [0.3, 0.4) is 0 Å². The van der Waals surface area contributed by atoms with Crippen LogP contribution in [-0.4, -0.2) is 46.0 Å². The molecule has 0 aromatic carbocycles. The Morgan fingerprint density at radius 2 is 2.25 bits per heavy atom. The third kappa shape index (κ3) is 3.37. The molecule has 110 valence electrons. The second kappa shape index (κ2) is 6.07. The van der Waals surface area contributed by atoms with Crippen molar-refractivity contribution in [1.29, 1.82) is 0 Å². The van der Waals surface area contributed by atoms with E-state index in [1.807, 2.05) is 25.5 Å². The molecule has 1 aliphatic heterocycles. The number of aryl methyl sites for hydroxylation is 3. The molecule has 6 heteroatoms. The molecule has 1 atom stereocenters. The summed E-state index contributed by atoms with van der Waals surface area (Å²) in [4.78, 5) is 18.9. The minimum absolute atomic E-state index is 0.000956. The lowest BCUT2D eigenvalue weighted by atomic mass is 10.2. The number of rotatable bonds is 5. The monoisotopic (exact) mass is 278 g/mol. The Hall–Kier alpha value is -1.85. The van der Waals surface area contributed by atoms with Crippen LogP contribution in [0.15, 0.2) is 11.2 Å². The van der Waals surface area contributed by atoms with Gasteiger partial charge in [-0.25, -0.2) is 0 Å². The van der Waals surface area contributed by atoms with E-state index >= 15 is 0 Å². The van der Waals surface area contributed by atoms with E-state index in [1.165, 1.54) is 0 Å². The predicted molar refractivity (Wildman–Crippen MR) is 76.6 cm³/mol. The fraction of sp³-hybridized carbons (Fsp3) is 0.643. The van der Waals surface area contributed by atoms with Gasteiger partial charge < -0.3 is 9.74 Å². The number of hydrogen-bond acceptors (Lipinski definition) is 4. The second-order valence-corrected chi connectivity index (χ2v) is 5.39. The summed E-state index contributed by atoms with van der Waals surface area (Å²) < 4.78 is 1.98. The Balaban J connectivity index is 1.76. The Bertz CT molecular complexity index is 521. The number of amides is 1. The average molecular weight is 278 g/mol. The second-order valence-electron chi connectivity index (χ2n) is 5.39. The Labute approximate surface area is 119 Å². The van der Waals surface area contributed by atoms with E-state index in [0.717, 1.165) is 30.1 Å². The first-order valence-electron chi connectivity index (χ1n) is 6.92. The van der Waals surface area contributed by atoms with Crippen LogP contribution in [-0.2, 0) is 16.2 Å². The van der Waals surface area contributed by atoms with Crippen LogP contribution in [0.5, 0.6) is 0 Å². The van der Waals surface area contributed by atoms with Crippen LogP contribution in [0, 0.1) is 13.8 Å². The van der Waals surface area contributed by atoms with Crippen molar-refractivity contribution < 1.29 is 9.63 Å². The topological polar surface area (TPSA) is 59.7 Å². The van der Waals surface area contributed by atoms with E-state index in [9.17, 15) is 4.79 Å². The predicted octanol–water partition coefficient (Wildman–Crippen LogP) is 1.51. The molecule has 0 saturated heterocycles. The van der Waals surface area contributed by atoms with Gasteiger partial charge in [-0.05, 0) is 33.3 Å². The molecule has 0 unspecified atom stereocenters. The Morgan fingerprint density at radius 3 is 2.80 bits per heavy atom. The highest BCUT2D eigenvalue weighted by Crippen LogP contribution is 2.12. The molecule has 0 N–H and O–H groups in total. The van der Waals surface area contributed by atoms with Crippen molar-refractivity contribution in [3.8, 4) is 0 Å². The van der Waals surface area contributed by atoms with Crippen molar-refractivity contribution in [2.24, 2.45) is 5.16 Å². The number of aromatic nitrogens is 2. The van der Waals surface area contributed by atoms with Gasteiger partial charge in [0.1, 0.15) is 0 Å². The number of hydrogen-bond donors (Lipinski definition) is 0. The SMILES string of the molecule is CC1=NO[C@H](C(=O)N(C)CCCn2nc(C)cc2C)C1. The number of nitrogens with zero attached hydrogens (tertiary/aromatic N) is 4. The summed E-state index contributed by atoms with van der Waals surface area (Å²) in [5, 5.41) is 8.23. The highest BCUT2D eigenvalue weighted by atomic mass is 16.6. The van der Waals surface area contributed by atoms with Gasteiger partial charge in [-0.2, -0.15) is 5.10 Å². The zero-order chi connectivity index (χ0) is 14.7. The van der Waals surface area contributed by atoms with Gasteiger partial charge in [0, 0.05) is 32.3 Å². The molecule has 0 radical (unpaired) electrons. The van der Waals surface area contributed by atoms with E-state index < -0.39 is 6.10 Å². The van der Waals surface area contributed by atoms with Gasteiger partial charge >= 0.3 is 0 Å². The van der Waals surface area contributed by atoms with Gasteiger partial charge in [0.05, 0.1) is 11.4 Å². The van der Waals surface area contributed by atoms with Crippen LogP contribution in [0.2, 0.25) is 0 Å². The van der Waals surface area contributed by atoms with Crippen LogP contribution in [0.1, 0.15) is 31.2 Å². The zero-order valence-electron chi connectivity index (χ0n) is 12.6. The first kappa shape index (κ1) is 14.6. The molecule has 0 saturated carbocycles. The first-order chi connectivity index (χ1) is 9.47. The molecule has 1 amide bonds. The maximum atomic E-state index is 12.1. The highest BCUT2D eigenvalue weighted by Gasteiger charge is 2.28. The number of likely N-dealkylation sites (N-methyl/N-ethyl adjacent to an activating group) is 1. The normalized spacial score (nSPS) is 17.8. The fourth-order valence-electron chi connectivity index (χ4n) is 2.34. The molecule has 1 aromatic heterocycles. The van der Waals surface area contributed by atoms with Gasteiger partial charge in [-0.15, -0.1) is 0 Å². The molecule has 0 fully saturated rings. The van der Waals surface area contributed by atoms with E-state index in [2.05, 4.69) is 16.3 Å². The third-order valence-corrected chi connectivity index (χ3v) is 3.44. The largest absolute Gasteiger partial charge is 0.382 e. The smallest absolute Gasteiger partial charge is 0.266 e. The molecule has 0 spiro atoms. The van der Waals surface area contributed by atoms with E-state index in [-0.39, 0.29) is 5.91 Å². The Morgan fingerprint density at radius 1 is 1.50 bits per heavy atom. The summed E-state index contributed by atoms with van der Waals surface area (Å²) in [6, 6.07) is 2.06. The van der Waals surface area contributed by atoms with Gasteiger partial charge in [-0.1, -0.05) is 5.16 Å². The maximum Gasteiger partial charge on any atom is 0.266 e. The molecule has 6 nitrogen and oxygen atoms in total. The van der Waals surface area contributed by atoms with Crippen LogP contribution in [0.4, 0.5) is 0 Å². The number of oxime groups is 1. The molecule has 0 aliphatic carbocycles. The maximum absolute atomic E-state index is 12.1. The van der Waals surface area contributed by atoms with Gasteiger partial charge in [0.2, 0.25) is 6.10 Å². The summed E-state index contributed by atoms with van der Waals surface area (Å²) in [6.45, 7) is 7.41. The van der Waals surface area contributed by atoms with Crippen molar-refractivity contribution >= 4 is 11.6 Å². The van der Waals surface area contributed by atoms with Crippen molar-refractivity contribution in [2.45, 2.75) is 46.3 Å². The molecule has 2 rings (SSSR count). The van der Waals surface area contributed by atoms with Gasteiger partial charge in [0.25, 0.3) is 5.91 Å². The lowest BCUT2D eigenvalue weighted by Crippen LogP contribution is -2.37. The number of carbonyl (C=O) groups is 1. The fourth-order valence-corrected chi connectivity index (χ4v) is 2.34. The lowest BCUT2D eigenvalue weighted by molar-refractivity contribution is -0.140. The first-order valence-corrected chi connectivity index (χ1v) is 6.92. The lowest BCUT2D eigenvalue weighted by Gasteiger charge is -2.19. The number of carbonyl (C=O) groups excluding carboxylic acids is 1. The third-order valence-electron chi connectivity index (χ3n) is 3.44. The van der Waals surface area contributed by atoms with E-state index in [4.69, 9.17) is 4.84 Å². The van der Waals surface area contributed by atoms with Crippen LogP contribution < -0.4 is 0 Å². The van der Waals surface area contributed by atoms with E-state index in [0.29, 0.717) is 13.0 Å². The summed E-state index contributed by atoms with van der Waals surface area (Å²) in [7, 11) is 1.81. The zero-order valence-corrected chi connectivity index (χ0v) is 12.6. The van der Waals surface area contributed by atoms with Gasteiger partial charge in [-0.3, -0.25) is 9.48 Å². The Kier molecular flexibility index (Phi) is 4.42. The quantitative estimate of drug-likeness (QED) is 0.820. The van der Waals surface area contributed by atoms with E-state index in [1.54, 1.807) is 11.9 Å².